The molecule has 0 aliphatic carbocycles. The van der Waals surface area contributed by atoms with Crippen molar-refractivity contribution in [3.8, 4) is 17.3 Å². The summed E-state index contributed by atoms with van der Waals surface area (Å²) in [7, 11) is 0. The lowest BCUT2D eigenvalue weighted by atomic mass is 10.1. The number of aromatic nitrogens is 6. The van der Waals surface area contributed by atoms with Gasteiger partial charge in [-0.25, -0.2) is 4.68 Å². The van der Waals surface area contributed by atoms with E-state index in [1.54, 1.807) is 4.68 Å². The van der Waals surface area contributed by atoms with Crippen LogP contribution in [0.5, 0.6) is 0 Å². The summed E-state index contributed by atoms with van der Waals surface area (Å²) in [6, 6.07) is 10.2. The number of rotatable bonds is 3. The van der Waals surface area contributed by atoms with Crippen molar-refractivity contribution in [3.63, 3.8) is 0 Å². The Morgan fingerprint density at radius 2 is 1.82 bits per heavy atom. The van der Waals surface area contributed by atoms with Crippen molar-refractivity contribution >= 4 is 16.9 Å². The number of benzene rings is 1. The van der Waals surface area contributed by atoms with Crippen LogP contribution in [0.3, 0.4) is 0 Å². The molecule has 1 aromatic carbocycles. The number of morpholine rings is 1. The topological polar surface area (TPSA) is 84.8 Å². The van der Waals surface area contributed by atoms with Gasteiger partial charge in [-0.3, -0.25) is 0 Å². The molecule has 3 aromatic heterocycles. The Bertz CT molecular complexity index is 1140. The summed E-state index contributed by atoms with van der Waals surface area (Å²) >= 11 is 0. The van der Waals surface area contributed by atoms with E-state index in [4.69, 9.17) is 19.7 Å². The molecule has 0 spiro atoms. The Hall–Kier alpha value is -3.26. The highest BCUT2D eigenvalue weighted by molar-refractivity contribution is 5.93. The lowest BCUT2D eigenvalue weighted by Crippen LogP contribution is -2.37. The Balaban J connectivity index is 1.71. The molecular formula is C20H21N7O. The summed E-state index contributed by atoms with van der Waals surface area (Å²) in [5.74, 6) is 1.83. The summed E-state index contributed by atoms with van der Waals surface area (Å²) in [5.41, 5.74) is 3.94. The van der Waals surface area contributed by atoms with Gasteiger partial charge in [0.2, 0.25) is 5.95 Å². The lowest BCUT2D eigenvalue weighted by Gasteiger charge is -2.27. The van der Waals surface area contributed by atoms with E-state index in [-0.39, 0.29) is 0 Å². The van der Waals surface area contributed by atoms with Crippen LogP contribution in [-0.2, 0) is 4.74 Å². The highest BCUT2D eigenvalue weighted by Gasteiger charge is 2.20. The zero-order valence-corrected chi connectivity index (χ0v) is 15.9. The molecule has 1 aliphatic heterocycles. The van der Waals surface area contributed by atoms with Crippen LogP contribution >= 0.6 is 0 Å². The highest BCUT2D eigenvalue weighted by Crippen LogP contribution is 2.27. The molecule has 8 heteroatoms. The fourth-order valence-corrected chi connectivity index (χ4v) is 3.59. The van der Waals surface area contributed by atoms with E-state index in [9.17, 15) is 0 Å². The van der Waals surface area contributed by atoms with Crippen LogP contribution in [0.4, 0.5) is 5.95 Å². The van der Waals surface area contributed by atoms with Crippen LogP contribution in [0, 0.1) is 13.8 Å². The molecule has 0 amide bonds. The molecule has 4 heterocycles. The van der Waals surface area contributed by atoms with E-state index in [0.717, 1.165) is 40.9 Å². The SMILES string of the molecule is Cc1cc(C)n(-c2nc(-c3cccc4[nH]ccc34)nc(N3CCOCC3)n2)n1. The first kappa shape index (κ1) is 16.9. The second kappa shape index (κ2) is 6.72. The van der Waals surface area contributed by atoms with Crippen LogP contribution in [0.15, 0.2) is 36.5 Å². The standard InChI is InChI=1S/C20H21N7O/c1-13-12-14(2)27(25-13)20-23-18(16-4-3-5-17-15(16)6-7-21-17)22-19(24-20)26-8-10-28-11-9-26/h3-7,12,21H,8-11H2,1-2H3. The molecular weight excluding hydrogens is 354 g/mol. The number of ether oxygens (including phenoxy) is 1. The van der Waals surface area contributed by atoms with Crippen molar-refractivity contribution < 1.29 is 4.74 Å². The molecule has 0 bridgehead atoms. The number of fused-ring (bicyclic) bond motifs is 1. The van der Waals surface area contributed by atoms with Crippen LogP contribution in [0.2, 0.25) is 0 Å². The summed E-state index contributed by atoms with van der Waals surface area (Å²) in [5, 5.41) is 5.65. The predicted molar refractivity (Wildman–Crippen MR) is 107 cm³/mol. The van der Waals surface area contributed by atoms with Gasteiger partial charge in [-0.15, -0.1) is 0 Å². The number of nitrogens with zero attached hydrogens (tertiary/aromatic N) is 6. The number of aryl methyl sites for hydroxylation is 2. The molecule has 0 atom stereocenters. The largest absolute Gasteiger partial charge is 0.378 e. The van der Waals surface area contributed by atoms with Gasteiger partial charge in [-0.05, 0) is 32.0 Å². The fraction of sp³-hybridized carbons (Fsp3) is 0.300. The summed E-state index contributed by atoms with van der Waals surface area (Å²) in [4.78, 5) is 19.7. The second-order valence-corrected chi connectivity index (χ2v) is 6.94. The highest BCUT2D eigenvalue weighted by atomic mass is 16.5. The number of H-pyrrole nitrogens is 1. The number of anilines is 1. The van der Waals surface area contributed by atoms with Crippen LogP contribution in [0.25, 0.3) is 28.2 Å². The second-order valence-electron chi connectivity index (χ2n) is 6.94. The number of hydrogen-bond donors (Lipinski definition) is 1. The molecule has 0 unspecified atom stereocenters. The van der Waals surface area contributed by atoms with Crippen LogP contribution < -0.4 is 4.90 Å². The monoisotopic (exact) mass is 375 g/mol. The lowest BCUT2D eigenvalue weighted by molar-refractivity contribution is 0.122. The first-order valence-corrected chi connectivity index (χ1v) is 9.38. The Morgan fingerprint density at radius 3 is 2.61 bits per heavy atom. The van der Waals surface area contributed by atoms with Crippen molar-refractivity contribution in [2.45, 2.75) is 13.8 Å². The molecule has 0 saturated carbocycles. The van der Waals surface area contributed by atoms with Gasteiger partial charge >= 0.3 is 0 Å². The van der Waals surface area contributed by atoms with Crippen molar-refractivity contribution in [1.82, 2.24) is 29.7 Å². The van der Waals surface area contributed by atoms with E-state index < -0.39 is 0 Å². The summed E-state index contributed by atoms with van der Waals surface area (Å²) in [6.07, 6.45) is 1.93. The minimum absolute atomic E-state index is 0.532. The smallest absolute Gasteiger partial charge is 0.256 e. The third kappa shape index (κ3) is 2.91. The Morgan fingerprint density at radius 1 is 1.00 bits per heavy atom. The Kier molecular flexibility index (Phi) is 4.05. The van der Waals surface area contributed by atoms with E-state index in [1.807, 2.05) is 50.4 Å². The average molecular weight is 375 g/mol. The van der Waals surface area contributed by atoms with Crippen molar-refractivity contribution in [1.29, 1.82) is 0 Å². The van der Waals surface area contributed by atoms with Gasteiger partial charge in [0.05, 0.1) is 18.9 Å². The minimum Gasteiger partial charge on any atom is -0.378 e. The molecule has 8 nitrogen and oxygen atoms in total. The molecule has 4 aromatic rings. The van der Waals surface area contributed by atoms with Crippen molar-refractivity contribution in [2.24, 2.45) is 0 Å². The van der Waals surface area contributed by atoms with Gasteiger partial charge in [0.1, 0.15) is 0 Å². The molecule has 1 saturated heterocycles. The fourth-order valence-electron chi connectivity index (χ4n) is 3.59. The molecule has 5 rings (SSSR count). The maximum absolute atomic E-state index is 5.49. The maximum Gasteiger partial charge on any atom is 0.256 e. The third-order valence-electron chi connectivity index (χ3n) is 4.94. The zero-order valence-electron chi connectivity index (χ0n) is 15.9. The number of aromatic amines is 1. The number of hydrogen-bond acceptors (Lipinski definition) is 6. The Labute approximate surface area is 162 Å². The molecule has 1 fully saturated rings. The van der Waals surface area contributed by atoms with Gasteiger partial charge in [0, 0.05) is 41.4 Å². The quantitative estimate of drug-likeness (QED) is 0.593. The summed E-state index contributed by atoms with van der Waals surface area (Å²) in [6.45, 7) is 6.83. The van der Waals surface area contributed by atoms with Gasteiger partial charge in [-0.2, -0.15) is 20.1 Å². The minimum atomic E-state index is 0.532. The first-order valence-electron chi connectivity index (χ1n) is 9.38. The van der Waals surface area contributed by atoms with Crippen molar-refractivity contribution in [2.75, 3.05) is 31.2 Å². The molecule has 142 valence electrons. The van der Waals surface area contributed by atoms with Gasteiger partial charge in [-0.1, -0.05) is 12.1 Å². The van der Waals surface area contributed by atoms with E-state index in [1.165, 1.54) is 0 Å². The van der Waals surface area contributed by atoms with Gasteiger partial charge in [0.25, 0.3) is 5.95 Å². The van der Waals surface area contributed by atoms with E-state index in [0.29, 0.717) is 30.9 Å². The first-order chi connectivity index (χ1) is 13.7. The normalized spacial score (nSPS) is 14.7. The molecule has 1 aliphatic rings. The van der Waals surface area contributed by atoms with Crippen LogP contribution in [0.1, 0.15) is 11.4 Å². The average Bonchev–Trinajstić information content (AvgIpc) is 3.34. The van der Waals surface area contributed by atoms with Crippen LogP contribution in [-0.4, -0.2) is 56.0 Å². The molecule has 0 radical (unpaired) electrons. The third-order valence-corrected chi connectivity index (χ3v) is 4.94. The van der Waals surface area contributed by atoms with Gasteiger partial charge < -0.3 is 14.6 Å². The zero-order chi connectivity index (χ0) is 19.1. The molecule has 1 N–H and O–H groups in total. The van der Waals surface area contributed by atoms with Crippen molar-refractivity contribution in [3.05, 3.63) is 47.9 Å². The van der Waals surface area contributed by atoms with Gasteiger partial charge in [0.15, 0.2) is 5.82 Å². The van der Waals surface area contributed by atoms with E-state index >= 15 is 0 Å². The maximum atomic E-state index is 5.49. The number of nitrogens with one attached hydrogen (secondary N) is 1. The summed E-state index contributed by atoms with van der Waals surface area (Å²) < 4.78 is 7.27. The predicted octanol–water partition coefficient (Wildman–Crippen LogP) is 2.66. The molecule has 28 heavy (non-hydrogen) atoms. The van der Waals surface area contributed by atoms with E-state index in [2.05, 4.69) is 15.0 Å².